The predicted molar refractivity (Wildman–Crippen MR) is 60.6 cm³/mol. The molecule has 0 spiro atoms. The van der Waals surface area contributed by atoms with Gasteiger partial charge in [-0.2, -0.15) is 0 Å². The first-order chi connectivity index (χ1) is 6.56. The molecule has 2 atom stereocenters. The quantitative estimate of drug-likeness (QED) is 0.834. The van der Waals surface area contributed by atoms with Gasteiger partial charge in [-0.1, -0.05) is 28.1 Å². The van der Waals surface area contributed by atoms with Crippen LogP contribution in [0.4, 0.5) is 0 Å². The van der Waals surface area contributed by atoms with E-state index < -0.39 is 12.2 Å². The number of hydrogen-bond donors (Lipinski definition) is 2. The zero-order chi connectivity index (χ0) is 10.7. The van der Waals surface area contributed by atoms with Gasteiger partial charge in [-0.15, -0.1) is 11.6 Å². The highest BCUT2D eigenvalue weighted by Crippen LogP contribution is 2.23. The second-order valence-corrected chi connectivity index (χ2v) is 4.34. The fourth-order valence-corrected chi connectivity index (χ4v) is 1.57. The summed E-state index contributed by atoms with van der Waals surface area (Å²) >= 11 is 8.81. The Hall–Kier alpha value is -0.0900. The highest BCUT2D eigenvalue weighted by Gasteiger charge is 2.17. The van der Waals surface area contributed by atoms with Crippen LogP contribution in [-0.2, 0) is 0 Å². The zero-order valence-electron chi connectivity index (χ0n) is 7.74. The molecule has 4 heteroatoms. The summed E-state index contributed by atoms with van der Waals surface area (Å²) in [5, 5.41) is 19.0. The van der Waals surface area contributed by atoms with Gasteiger partial charge in [0.05, 0.1) is 12.0 Å². The lowest BCUT2D eigenvalue weighted by molar-refractivity contribution is 0.0327. The third kappa shape index (κ3) is 2.70. The maximum absolute atomic E-state index is 9.65. The van der Waals surface area contributed by atoms with Gasteiger partial charge >= 0.3 is 0 Å². The molecule has 0 amide bonds. The number of benzene rings is 1. The Balaban J connectivity index is 2.91. The Morgan fingerprint density at radius 1 is 1.43 bits per heavy atom. The molecule has 0 aliphatic carbocycles. The van der Waals surface area contributed by atoms with Gasteiger partial charge < -0.3 is 10.2 Å². The molecular weight excluding hydrogens is 267 g/mol. The maximum atomic E-state index is 9.65. The molecule has 0 fully saturated rings. The second kappa shape index (κ2) is 5.12. The highest BCUT2D eigenvalue weighted by atomic mass is 79.9. The number of aliphatic hydroxyl groups excluding tert-OH is 2. The molecule has 78 valence electrons. The van der Waals surface area contributed by atoms with E-state index in [1.54, 1.807) is 6.07 Å². The molecule has 1 rings (SSSR count). The molecule has 0 aromatic heterocycles. The van der Waals surface area contributed by atoms with Gasteiger partial charge in [0, 0.05) is 4.47 Å². The summed E-state index contributed by atoms with van der Waals surface area (Å²) in [6.45, 7) is 1.92. The molecule has 1 aromatic rings. The van der Waals surface area contributed by atoms with Crippen molar-refractivity contribution in [3.05, 3.63) is 33.8 Å². The first-order valence-electron chi connectivity index (χ1n) is 4.24. The van der Waals surface area contributed by atoms with Crippen molar-refractivity contribution in [2.45, 2.75) is 19.1 Å². The second-order valence-electron chi connectivity index (χ2n) is 3.18. The van der Waals surface area contributed by atoms with E-state index in [1.807, 2.05) is 19.1 Å². The van der Waals surface area contributed by atoms with Crippen molar-refractivity contribution in [1.29, 1.82) is 0 Å². The van der Waals surface area contributed by atoms with Crippen LogP contribution in [0.5, 0.6) is 0 Å². The van der Waals surface area contributed by atoms with E-state index in [-0.39, 0.29) is 5.88 Å². The number of rotatable bonds is 3. The average Bonchev–Trinajstić information content (AvgIpc) is 2.20. The number of hydrogen-bond acceptors (Lipinski definition) is 2. The van der Waals surface area contributed by atoms with Crippen LogP contribution in [0.15, 0.2) is 22.7 Å². The summed E-state index contributed by atoms with van der Waals surface area (Å²) in [4.78, 5) is 0. The van der Waals surface area contributed by atoms with Crippen LogP contribution in [0.25, 0.3) is 0 Å². The molecule has 14 heavy (non-hydrogen) atoms. The van der Waals surface area contributed by atoms with Crippen molar-refractivity contribution >= 4 is 27.5 Å². The molecule has 0 heterocycles. The molecule has 0 aliphatic heterocycles. The van der Waals surface area contributed by atoms with E-state index in [4.69, 9.17) is 11.6 Å². The fourth-order valence-electron chi connectivity index (χ4n) is 1.16. The van der Waals surface area contributed by atoms with Gasteiger partial charge in [0.25, 0.3) is 0 Å². The zero-order valence-corrected chi connectivity index (χ0v) is 10.1. The van der Waals surface area contributed by atoms with Crippen LogP contribution in [0.3, 0.4) is 0 Å². The minimum Gasteiger partial charge on any atom is -0.389 e. The topological polar surface area (TPSA) is 40.5 Å². The van der Waals surface area contributed by atoms with Crippen LogP contribution in [0.1, 0.15) is 17.2 Å². The molecule has 0 saturated carbocycles. The Labute approximate surface area is 96.7 Å². The summed E-state index contributed by atoms with van der Waals surface area (Å²) in [6.07, 6.45) is -1.84. The van der Waals surface area contributed by atoms with E-state index >= 15 is 0 Å². The van der Waals surface area contributed by atoms with E-state index in [2.05, 4.69) is 15.9 Å². The molecule has 2 N–H and O–H groups in total. The lowest BCUT2D eigenvalue weighted by atomic mass is 10.0. The van der Waals surface area contributed by atoms with E-state index in [0.29, 0.717) is 5.56 Å². The number of alkyl halides is 1. The smallest absolute Gasteiger partial charge is 0.106 e. The lowest BCUT2D eigenvalue weighted by Crippen LogP contribution is -2.19. The summed E-state index contributed by atoms with van der Waals surface area (Å²) in [5.74, 6) is 0.0241. The van der Waals surface area contributed by atoms with Crippen molar-refractivity contribution in [3.8, 4) is 0 Å². The van der Waals surface area contributed by atoms with Gasteiger partial charge in [0.15, 0.2) is 0 Å². The molecule has 0 aliphatic rings. The summed E-state index contributed by atoms with van der Waals surface area (Å²) in [5.41, 5.74) is 1.70. The van der Waals surface area contributed by atoms with Crippen molar-refractivity contribution in [2.75, 3.05) is 5.88 Å². The summed E-state index contributed by atoms with van der Waals surface area (Å²) in [6, 6.07) is 5.43. The van der Waals surface area contributed by atoms with E-state index in [9.17, 15) is 10.2 Å². The van der Waals surface area contributed by atoms with Crippen molar-refractivity contribution < 1.29 is 10.2 Å². The number of aryl methyl sites for hydroxylation is 1. The van der Waals surface area contributed by atoms with E-state index in [1.165, 1.54) is 0 Å². The Morgan fingerprint density at radius 3 is 2.57 bits per heavy atom. The Bertz CT molecular complexity index is 317. The van der Waals surface area contributed by atoms with Gasteiger partial charge in [-0.3, -0.25) is 0 Å². The Morgan fingerprint density at radius 2 is 2.07 bits per heavy atom. The summed E-state index contributed by atoms with van der Waals surface area (Å²) < 4.78 is 0.980. The molecule has 0 bridgehead atoms. The maximum Gasteiger partial charge on any atom is 0.106 e. The first-order valence-corrected chi connectivity index (χ1v) is 5.57. The van der Waals surface area contributed by atoms with Gasteiger partial charge in [0.2, 0.25) is 0 Å². The van der Waals surface area contributed by atoms with Gasteiger partial charge in [0.1, 0.15) is 6.10 Å². The van der Waals surface area contributed by atoms with E-state index in [0.717, 1.165) is 10.0 Å². The molecule has 1 aromatic carbocycles. The largest absolute Gasteiger partial charge is 0.389 e. The SMILES string of the molecule is Cc1cc(C(O)C(O)CCl)ccc1Br. The standard InChI is InChI=1S/C10H12BrClO2/c1-6-4-7(2-3-8(6)11)10(14)9(13)5-12/h2-4,9-10,13-14H,5H2,1H3. The fraction of sp³-hybridized carbons (Fsp3) is 0.400. The minimum absolute atomic E-state index is 0.0241. The minimum atomic E-state index is -0.919. The van der Waals surface area contributed by atoms with Gasteiger partial charge in [-0.05, 0) is 24.1 Å². The van der Waals surface area contributed by atoms with Crippen LogP contribution in [-0.4, -0.2) is 22.2 Å². The third-order valence-corrected chi connectivity index (χ3v) is 3.25. The molecule has 2 nitrogen and oxygen atoms in total. The predicted octanol–water partition coefficient (Wildman–Crippen LogP) is 2.39. The summed E-state index contributed by atoms with van der Waals surface area (Å²) in [7, 11) is 0. The van der Waals surface area contributed by atoms with Crippen LogP contribution in [0.2, 0.25) is 0 Å². The van der Waals surface area contributed by atoms with Crippen LogP contribution in [0, 0.1) is 6.92 Å². The average molecular weight is 280 g/mol. The molecule has 2 unspecified atom stereocenters. The first kappa shape index (κ1) is 12.0. The normalized spacial score (nSPS) is 15.2. The van der Waals surface area contributed by atoms with Crippen molar-refractivity contribution in [2.24, 2.45) is 0 Å². The van der Waals surface area contributed by atoms with Crippen molar-refractivity contribution in [3.63, 3.8) is 0 Å². The van der Waals surface area contributed by atoms with Crippen LogP contribution >= 0.6 is 27.5 Å². The van der Waals surface area contributed by atoms with Gasteiger partial charge in [-0.25, -0.2) is 0 Å². The molecular formula is C10H12BrClO2. The Kier molecular flexibility index (Phi) is 4.38. The molecule has 0 saturated heterocycles. The van der Waals surface area contributed by atoms with Crippen molar-refractivity contribution in [1.82, 2.24) is 0 Å². The number of halogens is 2. The number of aliphatic hydroxyl groups is 2. The monoisotopic (exact) mass is 278 g/mol. The third-order valence-electron chi connectivity index (χ3n) is 2.05. The van der Waals surface area contributed by atoms with Crippen LogP contribution < -0.4 is 0 Å². The molecule has 0 radical (unpaired) electrons. The lowest BCUT2D eigenvalue weighted by Gasteiger charge is -2.16. The highest BCUT2D eigenvalue weighted by molar-refractivity contribution is 9.10.